The van der Waals surface area contributed by atoms with Crippen LogP contribution in [0.25, 0.3) is 0 Å². The molecule has 1 saturated heterocycles. The van der Waals surface area contributed by atoms with E-state index in [9.17, 15) is 4.79 Å². The number of carbonyl (C=O) groups excluding carboxylic acids is 1. The van der Waals surface area contributed by atoms with Crippen LogP contribution in [0.1, 0.15) is 39.5 Å². The zero-order valence-corrected chi connectivity index (χ0v) is 19.0. The molecule has 0 unspecified atom stereocenters. The molecule has 0 aromatic carbocycles. The Labute approximate surface area is 182 Å². The van der Waals surface area contributed by atoms with Gasteiger partial charge in [0.15, 0.2) is 10.1 Å². The van der Waals surface area contributed by atoms with Gasteiger partial charge in [-0.2, -0.15) is 0 Å². The molecular formula is C20H24N4O2S3. The molecule has 154 valence electrons. The molecule has 3 aromatic rings. The van der Waals surface area contributed by atoms with Gasteiger partial charge in [-0.25, -0.2) is 0 Å². The number of carbonyl (C=O) groups is 1. The third-order valence-corrected chi connectivity index (χ3v) is 7.88. The van der Waals surface area contributed by atoms with Gasteiger partial charge in [0, 0.05) is 35.0 Å². The number of Topliss-reactive ketones (excluding diaryl/α,β-unsaturated/α-hetero) is 1. The van der Waals surface area contributed by atoms with Crippen molar-refractivity contribution < 1.29 is 9.53 Å². The zero-order valence-electron chi connectivity index (χ0n) is 16.5. The van der Waals surface area contributed by atoms with Crippen LogP contribution in [-0.4, -0.2) is 45.6 Å². The summed E-state index contributed by atoms with van der Waals surface area (Å²) < 4.78 is 8.62. The van der Waals surface area contributed by atoms with Gasteiger partial charge in [-0.3, -0.25) is 4.79 Å². The fourth-order valence-corrected chi connectivity index (χ4v) is 5.77. The maximum Gasteiger partial charge on any atom is 0.206 e. The van der Waals surface area contributed by atoms with Crippen molar-refractivity contribution in [1.29, 1.82) is 0 Å². The van der Waals surface area contributed by atoms with Crippen LogP contribution in [0.2, 0.25) is 0 Å². The monoisotopic (exact) mass is 448 g/mol. The van der Waals surface area contributed by atoms with E-state index >= 15 is 0 Å². The standard InChI is InChI=1S/C20H24N4O2S3/c1-13-9-17(14(2)24(13)11-16-6-4-8-27-16)18(25)12-28-20-23-22-19(29-20)21-10-15-5-3-7-26-15/h4,6,8-9,15H,3,5,7,10-12H2,1-2H3,(H,21,22)/t15-/m1/s1. The molecule has 4 rings (SSSR count). The fourth-order valence-electron chi connectivity index (χ4n) is 3.44. The number of aryl methyl sites for hydroxylation is 1. The summed E-state index contributed by atoms with van der Waals surface area (Å²) in [6.07, 6.45) is 2.48. The molecule has 9 heteroatoms. The Morgan fingerprint density at radius 3 is 3.07 bits per heavy atom. The molecule has 1 fully saturated rings. The number of ketones is 1. The Kier molecular flexibility index (Phi) is 6.69. The maximum atomic E-state index is 12.8. The number of anilines is 1. The van der Waals surface area contributed by atoms with Crippen LogP contribution in [0.15, 0.2) is 27.9 Å². The molecule has 1 aliphatic heterocycles. The van der Waals surface area contributed by atoms with E-state index in [0.29, 0.717) is 5.75 Å². The number of aromatic nitrogens is 3. The summed E-state index contributed by atoms with van der Waals surface area (Å²) in [5.41, 5.74) is 2.94. The number of nitrogens with one attached hydrogen (secondary N) is 1. The highest BCUT2D eigenvalue weighted by Gasteiger charge is 2.18. The number of rotatable bonds is 9. The summed E-state index contributed by atoms with van der Waals surface area (Å²) in [6, 6.07) is 6.18. The molecule has 0 saturated carbocycles. The van der Waals surface area contributed by atoms with Gasteiger partial charge >= 0.3 is 0 Å². The Morgan fingerprint density at radius 1 is 1.41 bits per heavy atom. The molecule has 29 heavy (non-hydrogen) atoms. The SMILES string of the molecule is Cc1cc(C(=O)CSc2nnc(NC[C@H]3CCCO3)s2)c(C)n1Cc1cccs1. The fraction of sp³-hybridized carbons (Fsp3) is 0.450. The Hall–Kier alpha value is -1.68. The smallest absolute Gasteiger partial charge is 0.206 e. The average molecular weight is 449 g/mol. The average Bonchev–Trinajstić information content (AvgIpc) is 3.50. The van der Waals surface area contributed by atoms with Crippen molar-refractivity contribution >= 4 is 45.4 Å². The van der Waals surface area contributed by atoms with E-state index in [-0.39, 0.29) is 11.9 Å². The van der Waals surface area contributed by atoms with Gasteiger partial charge in [-0.15, -0.1) is 21.5 Å². The molecule has 0 radical (unpaired) electrons. The van der Waals surface area contributed by atoms with Crippen molar-refractivity contribution in [3.63, 3.8) is 0 Å². The van der Waals surface area contributed by atoms with Gasteiger partial charge in [-0.1, -0.05) is 29.2 Å². The van der Waals surface area contributed by atoms with Crippen molar-refractivity contribution in [2.75, 3.05) is 24.2 Å². The molecule has 0 amide bonds. The first-order valence-electron chi connectivity index (χ1n) is 9.64. The number of nitrogens with zero attached hydrogens (tertiary/aromatic N) is 3. The first kappa shape index (κ1) is 20.6. The first-order valence-corrected chi connectivity index (χ1v) is 12.3. The molecule has 0 aliphatic carbocycles. The second kappa shape index (κ2) is 9.42. The number of thioether (sulfide) groups is 1. The molecule has 6 nitrogen and oxygen atoms in total. The minimum absolute atomic E-state index is 0.129. The second-order valence-electron chi connectivity index (χ2n) is 7.05. The molecule has 1 aliphatic rings. The van der Waals surface area contributed by atoms with Crippen molar-refractivity contribution in [1.82, 2.24) is 14.8 Å². The first-order chi connectivity index (χ1) is 14.1. The van der Waals surface area contributed by atoms with E-state index in [0.717, 1.165) is 59.0 Å². The van der Waals surface area contributed by atoms with Crippen molar-refractivity contribution in [3.8, 4) is 0 Å². The van der Waals surface area contributed by atoms with Crippen molar-refractivity contribution in [2.24, 2.45) is 0 Å². The number of ether oxygens (including phenoxy) is 1. The van der Waals surface area contributed by atoms with Gasteiger partial charge in [0.2, 0.25) is 5.13 Å². The van der Waals surface area contributed by atoms with E-state index in [1.165, 1.54) is 28.0 Å². The molecule has 0 spiro atoms. The molecule has 0 bridgehead atoms. The van der Waals surface area contributed by atoms with Gasteiger partial charge in [0.1, 0.15) is 0 Å². The largest absolute Gasteiger partial charge is 0.376 e. The van der Waals surface area contributed by atoms with Gasteiger partial charge in [-0.05, 0) is 44.2 Å². The summed E-state index contributed by atoms with van der Waals surface area (Å²) >= 11 is 4.67. The highest BCUT2D eigenvalue weighted by atomic mass is 32.2. The molecular weight excluding hydrogens is 424 g/mol. The van der Waals surface area contributed by atoms with Gasteiger partial charge in [0.05, 0.1) is 18.4 Å². The van der Waals surface area contributed by atoms with Crippen molar-refractivity contribution in [2.45, 2.75) is 43.7 Å². The predicted molar refractivity (Wildman–Crippen MR) is 120 cm³/mol. The normalized spacial score (nSPS) is 16.4. The lowest BCUT2D eigenvalue weighted by molar-refractivity contribution is 0.102. The number of hydrogen-bond acceptors (Lipinski definition) is 8. The van der Waals surface area contributed by atoms with Gasteiger partial charge < -0.3 is 14.6 Å². The van der Waals surface area contributed by atoms with Gasteiger partial charge in [0.25, 0.3) is 0 Å². The van der Waals surface area contributed by atoms with E-state index in [4.69, 9.17) is 4.74 Å². The summed E-state index contributed by atoms with van der Waals surface area (Å²) in [5, 5.41) is 14.5. The highest BCUT2D eigenvalue weighted by molar-refractivity contribution is 8.01. The number of thiophene rings is 1. The minimum Gasteiger partial charge on any atom is -0.376 e. The van der Waals surface area contributed by atoms with Crippen LogP contribution >= 0.6 is 34.4 Å². The van der Waals surface area contributed by atoms with Crippen molar-refractivity contribution in [3.05, 3.63) is 45.4 Å². The second-order valence-corrected chi connectivity index (χ2v) is 10.3. The van der Waals surface area contributed by atoms with Crippen LogP contribution in [0, 0.1) is 13.8 Å². The van der Waals surface area contributed by atoms with Crippen LogP contribution in [0.3, 0.4) is 0 Å². The Morgan fingerprint density at radius 2 is 2.31 bits per heavy atom. The topological polar surface area (TPSA) is 69.0 Å². The lowest BCUT2D eigenvalue weighted by atomic mass is 10.2. The quantitative estimate of drug-likeness (QED) is 0.380. The van der Waals surface area contributed by atoms with E-state index < -0.39 is 0 Å². The summed E-state index contributed by atoms with van der Waals surface area (Å²) in [6.45, 7) is 6.50. The minimum atomic E-state index is 0.129. The molecule has 3 aromatic heterocycles. The molecule has 1 atom stereocenters. The maximum absolute atomic E-state index is 12.8. The Bertz CT molecular complexity index is 959. The summed E-state index contributed by atoms with van der Waals surface area (Å²) in [4.78, 5) is 14.1. The number of hydrogen-bond donors (Lipinski definition) is 1. The Balaban J connectivity index is 1.33. The van der Waals surface area contributed by atoms with E-state index in [1.807, 2.05) is 13.0 Å². The highest BCUT2D eigenvalue weighted by Crippen LogP contribution is 2.28. The molecule has 1 N–H and O–H groups in total. The zero-order chi connectivity index (χ0) is 20.2. The summed E-state index contributed by atoms with van der Waals surface area (Å²) in [5.74, 6) is 0.494. The van der Waals surface area contributed by atoms with Crippen LogP contribution in [0.5, 0.6) is 0 Å². The predicted octanol–water partition coefficient (Wildman–Crippen LogP) is 4.63. The van der Waals surface area contributed by atoms with Crippen LogP contribution in [0.4, 0.5) is 5.13 Å². The summed E-state index contributed by atoms with van der Waals surface area (Å²) in [7, 11) is 0. The van der Waals surface area contributed by atoms with E-state index in [2.05, 4.69) is 44.5 Å². The molecule has 4 heterocycles. The van der Waals surface area contributed by atoms with E-state index in [1.54, 1.807) is 11.3 Å². The lowest BCUT2D eigenvalue weighted by Gasteiger charge is -2.08. The third kappa shape index (κ3) is 5.09. The van der Waals surface area contributed by atoms with Crippen LogP contribution in [-0.2, 0) is 11.3 Å². The lowest BCUT2D eigenvalue weighted by Crippen LogP contribution is -2.18. The third-order valence-electron chi connectivity index (χ3n) is 5.01. The van der Waals surface area contributed by atoms with Crippen LogP contribution < -0.4 is 5.32 Å².